The monoisotopic (exact) mass is 778 g/mol. The number of hydrogen-bond donors (Lipinski definition) is 0. The van der Waals surface area contributed by atoms with E-state index in [9.17, 15) is 0 Å². The highest BCUT2D eigenvalue weighted by Gasteiger charge is 2.35. The van der Waals surface area contributed by atoms with Crippen molar-refractivity contribution >= 4 is 63.2 Å². The van der Waals surface area contributed by atoms with Gasteiger partial charge in [0.25, 0.3) is 0 Å². The van der Waals surface area contributed by atoms with Crippen LogP contribution in [0.15, 0.2) is 164 Å². The highest BCUT2D eigenvalue weighted by molar-refractivity contribution is 7.00. The van der Waals surface area contributed by atoms with Gasteiger partial charge in [0.1, 0.15) is 8.07 Å². The molecule has 9 rings (SSSR count). The Labute approximate surface area is 351 Å². The second kappa shape index (κ2) is 15.2. The zero-order chi connectivity index (χ0) is 41.0. The lowest BCUT2D eigenvalue weighted by Crippen LogP contribution is -2.56. The number of hydrogen-bond acceptors (Lipinski definition) is 1. The molecule has 0 bridgehead atoms. The summed E-state index contributed by atoms with van der Waals surface area (Å²) in [5.41, 5.74) is 18.9. The summed E-state index contributed by atoms with van der Waals surface area (Å²) < 4.78 is 2.48. The fraction of sp³-hybridized carbons (Fsp3) is 0.145. The van der Waals surface area contributed by atoms with Gasteiger partial charge in [-0.25, -0.2) is 0 Å². The van der Waals surface area contributed by atoms with Crippen LogP contribution in [0.25, 0.3) is 49.9 Å². The molecule has 0 radical (unpaired) electrons. The molecule has 0 aliphatic heterocycles. The van der Waals surface area contributed by atoms with E-state index >= 15 is 0 Å². The minimum Gasteiger partial charge on any atom is -0.308 e. The maximum Gasteiger partial charge on any atom is 0.246 e. The molecule has 0 saturated heterocycles. The molecule has 59 heavy (non-hydrogen) atoms. The molecule has 0 fully saturated rings. The minimum atomic E-state index is -2.05. The van der Waals surface area contributed by atoms with Crippen molar-refractivity contribution in [3.63, 3.8) is 0 Å². The lowest BCUT2D eigenvalue weighted by atomic mass is 9.33. The summed E-state index contributed by atoms with van der Waals surface area (Å²) in [6, 6.07) is 58.8. The lowest BCUT2D eigenvalue weighted by Gasteiger charge is -2.26. The van der Waals surface area contributed by atoms with E-state index in [1.165, 1.54) is 92.9 Å². The predicted molar refractivity (Wildman–Crippen MR) is 259 cm³/mol. The molecule has 9 aromatic rings. The van der Waals surface area contributed by atoms with Crippen molar-refractivity contribution < 1.29 is 0 Å². The van der Waals surface area contributed by atoms with E-state index in [4.69, 9.17) is 4.98 Å². The Morgan fingerprint density at radius 3 is 1.61 bits per heavy atom. The summed E-state index contributed by atoms with van der Waals surface area (Å²) in [6.45, 7) is 18.5. The summed E-state index contributed by atoms with van der Waals surface area (Å²) >= 11 is 0. The van der Waals surface area contributed by atoms with Crippen molar-refractivity contribution in [1.82, 2.24) is 9.55 Å². The van der Waals surface area contributed by atoms with Crippen LogP contribution in [0.4, 0.5) is 0 Å². The van der Waals surface area contributed by atoms with Crippen LogP contribution in [0.1, 0.15) is 33.4 Å². The molecule has 288 valence electrons. The molecular formula is C55H51BN2Si. The Hall–Kier alpha value is -6.23. The molecule has 0 amide bonds. The second-order valence-electron chi connectivity index (χ2n) is 17.2. The van der Waals surface area contributed by atoms with Crippen molar-refractivity contribution in [2.45, 2.75) is 54.6 Å². The van der Waals surface area contributed by atoms with Gasteiger partial charge in [-0.1, -0.05) is 195 Å². The molecule has 0 unspecified atom stereocenters. The van der Waals surface area contributed by atoms with Crippen molar-refractivity contribution in [1.29, 1.82) is 0 Å². The molecule has 0 spiro atoms. The number of aromatic nitrogens is 2. The molecule has 0 aliphatic rings. The van der Waals surface area contributed by atoms with E-state index in [0.29, 0.717) is 0 Å². The van der Waals surface area contributed by atoms with Crippen molar-refractivity contribution in [2.24, 2.45) is 0 Å². The molecule has 4 heteroatoms. The summed E-state index contributed by atoms with van der Waals surface area (Å²) in [4.78, 5) is 5.11. The smallest absolute Gasteiger partial charge is 0.246 e. The van der Waals surface area contributed by atoms with Gasteiger partial charge in [-0.05, 0) is 105 Å². The van der Waals surface area contributed by atoms with Crippen molar-refractivity contribution in [3.05, 3.63) is 197 Å². The average Bonchev–Trinajstić information content (AvgIpc) is 3.57. The Balaban J connectivity index is 1.22. The van der Waals surface area contributed by atoms with Crippen LogP contribution in [0.2, 0.25) is 13.1 Å². The Kier molecular flexibility index (Phi) is 9.85. The molecule has 0 atom stereocenters. The van der Waals surface area contributed by atoms with E-state index in [2.05, 4.69) is 211 Å². The van der Waals surface area contributed by atoms with E-state index in [-0.39, 0.29) is 6.71 Å². The molecule has 0 aliphatic carbocycles. The number of para-hydroxylation sites is 1. The second-order valence-corrected chi connectivity index (χ2v) is 21.6. The van der Waals surface area contributed by atoms with E-state index < -0.39 is 8.07 Å². The maximum absolute atomic E-state index is 5.11. The Bertz CT molecular complexity index is 2900. The molecular weight excluding hydrogens is 728 g/mol. The normalized spacial score (nSPS) is 11.7. The average molecular weight is 779 g/mol. The predicted octanol–water partition coefficient (Wildman–Crippen LogP) is 10.7. The zero-order valence-electron chi connectivity index (χ0n) is 35.6. The van der Waals surface area contributed by atoms with Crippen LogP contribution >= 0.6 is 0 Å². The first-order chi connectivity index (χ1) is 28.5. The van der Waals surface area contributed by atoms with Crippen molar-refractivity contribution in [3.8, 4) is 28.2 Å². The molecule has 2 heterocycles. The first-order valence-electron chi connectivity index (χ1n) is 20.9. The third-order valence-electron chi connectivity index (χ3n) is 12.7. The van der Waals surface area contributed by atoms with E-state index in [1.54, 1.807) is 0 Å². The fourth-order valence-corrected chi connectivity index (χ4v) is 12.4. The van der Waals surface area contributed by atoms with Gasteiger partial charge in [-0.2, -0.15) is 0 Å². The van der Waals surface area contributed by atoms with Gasteiger partial charge >= 0.3 is 0 Å². The molecule has 2 nitrogen and oxygen atoms in total. The third kappa shape index (κ3) is 6.76. The Morgan fingerprint density at radius 2 is 1.02 bits per heavy atom. The quantitative estimate of drug-likeness (QED) is 0.141. The van der Waals surface area contributed by atoms with Crippen LogP contribution in [0.3, 0.4) is 0 Å². The van der Waals surface area contributed by atoms with Crippen molar-refractivity contribution in [2.75, 3.05) is 0 Å². The number of aryl methyl sites for hydroxylation is 6. The van der Waals surface area contributed by atoms with Crippen LogP contribution in [-0.2, 0) is 0 Å². The largest absolute Gasteiger partial charge is 0.308 e. The Morgan fingerprint density at radius 1 is 0.492 bits per heavy atom. The SMILES string of the molecule is Cc1cc(C)c(B(c2c(C)cc(C)cc2C)c2c(-c3ccccn3)n(-c3ccc([Si](C)(C)c4ccc(-c5cccc6ccccc56)cc4)cc3)c3ccccc23)c(C)c1. The van der Waals surface area contributed by atoms with Gasteiger partial charge in [0.05, 0.1) is 16.9 Å². The highest BCUT2D eigenvalue weighted by Crippen LogP contribution is 2.32. The zero-order valence-corrected chi connectivity index (χ0v) is 36.6. The topological polar surface area (TPSA) is 17.8 Å². The van der Waals surface area contributed by atoms with Gasteiger partial charge in [0, 0.05) is 11.9 Å². The fourth-order valence-electron chi connectivity index (χ4n) is 10.0. The molecule has 0 N–H and O–H groups in total. The molecule has 0 saturated carbocycles. The third-order valence-corrected chi connectivity index (χ3v) is 16.3. The van der Waals surface area contributed by atoms with Gasteiger partial charge < -0.3 is 4.57 Å². The van der Waals surface area contributed by atoms with Gasteiger partial charge in [-0.15, -0.1) is 0 Å². The maximum atomic E-state index is 5.11. The highest BCUT2D eigenvalue weighted by atomic mass is 28.3. The number of pyridine rings is 1. The summed E-state index contributed by atoms with van der Waals surface area (Å²) in [6.07, 6.45) is 1.93. The van der Waals surface area contributed by atoms with Gasteiger partial charge in [-0.3, -0.25) is 4.98 Å². The summed E-state index contributed by atoms with van der Waals surface area (Å²) in [5.74, 6) is 0. The minimum absolute atomic E-state index is 0.0122. The molecule has 7 aromatic carbocycles. The number of fused-ring (bicyclic) bond motifs is 2. The van der Waals surface area contributed by atoms with Crippen LogP contribution in [0.5, 0.6) is 0 Å². The van der Waals surface area contributed by atoms with E-state index in [0.717, 1.165) is 17.1 Å². The number of rotatable bonds is 8. The van der Waals surface area contributed by atoms with Crippen LogP contribution in [-0.4, -0.2) is 24.3 Å². The van der Waals surface area contributed by atoms with Crippen LogP contribution in [0, 0.1) is 41.5 Å². The summed E-state index contributed by atoms with van der Waals surface area (Å²) in [7, 11) is -2.05. The van der Waals surface area contributed by atoms with Gasteiger partial charge in [0.2, 0.25) is 6.71 Å². The van der Waals surface area contributed by atoms with Gasteiger partial charge in [0.15, 0.2) is 0 Å². The van der Waals surface area contributed by atoms with E-state index in [1.807, 2.05) is 12.3 Å². The standard InChI is InChI=1S/C55H51BN2Si/c1-36-32-38(3)52(39(4)33-36)56(53-40(5)34-37(2)35-41(53)6)54-49-19-11-12-22-51(49)58(55(54)50-21-13-14-31-57-50)44-25-29-46(30-26-44)59(7,8)45-27-23-43(24-28-45)48-20-15-17-42-16-9-10-18-47(42)48/h9-35H,1-8H3. The molecule has 2 aromatic heterocycles. The lowest BCUT2D eigenvalue weighted by molar-refractivity contribution is 1.12. The summed E-state index contributed by atoms with van der Waals surface area (Å²) in [5, 5.41) is 6.65. The number of nitrogens with zero attached hydrogens (tertiary/aromatic N) is 2. The number of benzene rings is 7. The first kappa shape index (κ1) is 38.3. The first-order valence-corrected chi connectivity index (χ1v) is 23.9. The van der Waals surface area contributed by atoms with Crippen LogP contribution < -0.4 is 26.8 Å².